The van der Waals surface area contributed by atoms with Gasteiger partial charge in [0.15, 0.2) is 11.6 Å². The number of ketones is 1. The monoisotopic (exact) mass is 502 g/mol. The van der Waals surface area contributed by atoms with Crippen LogP contribution in [-0.4, -0.2) is 20.7 Å². The summed E-state index contributed by atoms with van der Waals surface area (Å²) in [6.45, 7) is 6.05. The highest BCUT2D eigenvalue weighted by atomic mass is 19.1. The Morgan fingerprint density at radius 3 is 2.58 bits per heavy atom. The molecule has 0 amide bonds. The van der Waals surface area contributed by atoms with Gasteiger partial charge in [0.05, 0.1) is 22.5 Å². The Morgan fingerprint density at radius 1 is 1.05 bits per heavy atom. The number of fused-ring (bicyclic) bond motifs is 4. The summed E-state index contributed by atoms with van der Waals surface area (Å²) < 4.78 is 15.2. The van der Waals surface area contributed by atoms with Crippen LogP contribution in [0.4, 0.5) is 4.39 Å². The molecule has 0 radical (unpaired) electrons. The summed E-state index contributed by atoms with van der Waals surface area (Å²) in [5.41, 5.74) is 3.01. The Balaban J connectivity index is 1.71. The zero-order chi connectivity index (χ0) is 26.7. The number of hydrogen-bond donors (Lipinski definition) is 0. The number of pyridine rings is 1. The predicted molar refractivity (Wildman–Crippen MR) is 144 cm³/mol. The summed E-state index contributed by atoms with van der Waals surface area (Å²) >= 11 is 0. The minimum atomic E-state index is -0.697. The van der Waals surface area contributed by atoms with Crippen LogP contribution in [0.3, 0.4) is 0 Å². The van der Waals surface area contributed by atoms with E-state index in [1.807, 2.05) is 56.3 Å². The fourth-order valence-electron chi connectivity index (χ4n) is 6.68. The molecule has 188 valence electrons. The molecular formula is C32H27FN4O. The number of nitrogens with zero attached hydrogens (tertiary/aromatic N) is 4. The van der Waals surface area contributed by atoms with Crippen LogP contribution in [0.25, 0.3) is 33.5 Å². The van der Waals surface area contributed by atoms with Crippen LogP contribution < -0.4 is 0 Å². The molecule has 2 aliphatic carbocycles. The molecule has 3 atom stereocenters. The molecule has 6 heteroatoms. The zero-order valence-corrected chi connectivity index (χ0v) is 21.6. The highest BCUT2D eigenvalue weighted by Crippen LogP contribution is 2.56. The van der Waals surface area contributed by atoms with E-state index in [0.29, 0.717) is 29.9 Å². The summed E-state index contributed by atoms with van der Waals surface area (Å²) in [7, 11) is 0. The van der Waals surface area contributed by atoms with E-state index in [1.54, 1.807) is 18.3 Å². The number of hydrogen-bond acceptors (Lipinski definition) is 5. The maximum atomic E-state index is 15.2. The molecule has 0 fully saturated rings. The molecule has 2 heterocycles. The van der Waals surface area contributed by atoms with Crippen molar-refractivity contribution < 1.29 is 9.18 Å². The van der Waals surface area contributed by atoms with Crippen LogP contribution in [-0.2, 0) is 16.6 Å². The molecule has 0 saturated heterocycles. The number of para-hydroxylation sites is 1. The van der Waals surface area contributed by atoms with Crippen molar-refractivity contribution in [1.29, 1.82) is 5.26 Å². The van der Waals surface area contributed by atoms with Gasteiger partial charge in [-0.15, -0.1) is 0 Å². The van der Waals surface area contributed by atoms with Gasteiger partial charge in [0, 0.05) is 39.1 Å². The van der Waals surface area contributed by atoms with Crippen molar-refractivity contribution in [2.45, 2.75) is 45.4 Å². The van der Waals surface area contributed by atoms with Crippen molar-refractivity contribution in [1.82, 2.24) is 15.0 Å². The zero-order valence-electron chi connectivity index (χ0n) is 21.6. The molecule has 0 spiro atoms. The smallest absolute Gasteiger partial charge is 0.179 e. The van der Waals surface area contributed by atoms with Crippen molar-refractivity contribution in [3.63, 3.8) is 0 Å². The van der Waals surface area contributed by atoms with E-state index < -0.39 is 10.8 Å². The van der Waals surface area contributed by atoms with Crippen molar-refractivity contribution in [2.75, 3.05) is 0 Å². The Labute approximate surface area is 221 Å². The van der Waals surface area contributed by atoms with Gasteiger partial charge in [-0.2, -0.15) is 5.26 Å². The lowest BCUT2D eigenvalue weighted by Gasteiger charge is -2.51. The summed E-state index contributed by atoms with van der Waals surface area (Å²) in [5.74, 6) is -0.0270. The van der Waals surface area contributed by atoms with Gasteiger partial charge in [-0.3, -0.25) is 9.78 Å². The van der Waals surface area contributed by atoms with Gasteiger partial charge in [-0.05, 0) is 49.4 Å². The van der Waals surface area contributed by atoms with Gasteiger partial charge >= 0.3 is 0 Å². The Bertz CT molecular complexity index is 1700. The summed E-state index contributed by atoms with van der Waals surface area (Å²) in [5, 5.41) is 10.8. The lowest BCUT2D eigenvalue weighted by molar-refractivity contribution is -0.130. The molecule has 2 aromatic carbocycles. The average molecular weight is 503 g/mol. The summed E-state index contributed by atoms with van der Waals surface area (Å²) in [6.07, 6.45) is 5.50. The fourth-order valence-corrected chi connectivity index (χ4v) is 6.68. The number of allylic oxidation sites excluding steroid dienone is 2. The third kappa shape index (κ3) is 3.35. The van der Waals surface area contributed by atoms with E-state index in [0.717, 1.165) is 34.1 Å². The first-order valence-corrected chi connectivity index (χ1v) is 13.0. The average Bonchev–Trinajstić information content (AvgIpc) is 2.94. The number of carbonyl (C=O) groups excluding carboxylic acids is 1. The van der Waals surface area contributed by atoms with Crippen molar-refractivity contribution in [3.8, 4) is 28.7 Å². The Hall–Kier alpha value is -4.24. The summed E-state index contributed by atoms with van der Waals surface area (Å²) in [4.78, 5) is 28.1. The molecule has 0 saturated carbocycles. The first kappa shape index (κ1) is 24.1. The molecule has 0 bridgehead atoms. The first-order chi connectivity index (χ1) is 18.3. The van der Waals surface area contributed by atoms with Gasteiger partial charge in [0.1, 0.15) is 11.9 Å². The topological polar surface area (TPSA) is 79.5 Å². The Morgan fingerprint density at radius 2 is 1.82 bits per heavy atom. The third-order valence-electron chi connectivity index (χ3n) is 8.77. The predicted octanol–water partition coefficient (Wildman–Crippen LogP) is 6.77. The lowest BCUT2D eigenvalue weighted by Crippen LogP contribution is -2.52. The Kier molecular flexibility index (Phi) is 5.50. The maximum absolute atomic E-state index is 15.2. The molecule has 38 heavy (non-hydrogen) atoms. The normalized spacial score (nSPS) is 24.3. The minimum absolute atomic E-state index is 0.0532. The van der Waals surface area contributed by atoms with E-state index >= 15 is 4.39 Å². The van der Waals surface area contributed by atoms with Crippen LogP contribution in [0.2, 0.25) is 0 Å². The van der Waals surface area contributed by atoms with Crippen LogP contribution >= 0.6 is 0 Å². The van der Waals surface area contributed by atoms with Gasteiger partial charge in [-0.1, -0.05) is 57.2 Å². The molecule has 2 unspecified atom stereocenters. The van der Waals surface area contributed by atoms with Gasteiger partial charge in [0.25, 0.3) is 0 Å². The van der Waals surface area contributed by atoms with Crippen LogP contribution in [0, 0.1) is 28.5 Å². The number of carbonyl (C=O) groups is 1. The maximum Gasteiger partial charge on any atom is 0.179 e. The highest BCUT2D eigenvalue weighted by molar-refractivity contribution is 6.04. The molecule has 2 aromatic heterocycles. The highest BCUT2D eigenvalue weighted by Gasteiger charge is 2.56. The molecule has 4 aromatic rings. The largest absolute Gasteiger partial charge is 0.293 e. The SMILES string of the molecule is CCC1(C)C(=O)C(C#N)=C[C@@]2(C)c3nc(-c4ccnc5ccccc45)nc(-c4ccccc4F)c3CCC12. The van der Waals surface area contributed by atoms with Crippen molar-refractivity contribution >= 4 is 16.7 Å². The van der Waals surface area contributed by atoms with E-state index in [2.05, 4.69) is 18.0 Å². The van der Waals surface area contributed by atoms with Crippen LogP contribution in [0.15, 0.2) is 72.4 Å². The van der Waals surface area contributed by atoms with Crippen LogP contribution in [0.5, 0.6) is 0 Å². The van der Waals surface area contributed by atoms with E-state index in [-0.39, 0.29) is 23.1 Å². The number of benzene rings is 2. The first-order valence-electron chi connectivity index (χ1n) is 13.0. The molecule has 0 aliphatic heterocycles. The van der Waals surface area contributed by atoms with Crippen LogP contribution in [0.1, 0.15) is 44.9 Å². The molecule has 5 nitrogen and oxygen atoms in total. The minimum Gasteiger partial charge on any atom is -0.293 e. The van der Waals surface area contributed by atoms with E-state index in [1.165, 1.54) is 6.07 Å². The second kappa shape index (κ2) is 8.66. The number of aromatic nitrogens is 3. The number of Topliss-reactive ketones (excluding diaryl/α,β-unsaturated/α-hetero) is 1. The second-order valence-corrected chi connectivity index (χ2v) is 10.7. The van der Waals surface area contributed by atoms with E-state index in [4.69, 9.17) is 9.97 Å². The third-order valence-corrected chi connectivity index (χ3v) is 8.77. The van der Waals surface area contributed by atoms with Crippen molar-refractivity contribution in [3.05, 3.63) is 89.5 Å². The summed E-state index contributed by atoms with van der Waals surface area (Å²) in [6, 6.07) is 18.5. The quantitative estimate of drug-likeness (QED) is 0.309. The molecule has 6 rings (SSSR count). The molecular weight excluding hydrogens is 475 g/mol. The van der Waals surface area contributed by atoms with Crippen molar-refractivity contribution in [2.24, 2.45) is 11.3 Å². The number of rotatable bonds is 3. The standard InChI is InChI=1S/C32H27FN4O/c1-4-31(2)26-14-13-23-27(22-10-5-7-11-24(22)33)36-30(21-15-16-35-25-12-8-6-9-20(21)25)37-28(23)32(26,3)17-19(18-34)29(31)38/h5-12,15-17,26H,4,13-14H2,1-3H3/t26?,31?,32-/m1/s1. The van der Waals surface area contributed by atoms with Gasteiger partial charge < -0.3 is 0 Å². The van der Waals surface area contributed by atoms with E-state index in [9.17, 15) is 10.1 Å². The fraction of sp³-hybridized carbons (Fsp3) is 0.281. The number of nitriles is 1. The lowest BCUT2D eigenvalue weighted by atomic mass is 9.51. The number of halogens is 1. The molecule has 2 aliphatic rings. The van der Waals surface area contributed by atoms with Gasteiger partial charge in [-0.25, -0.2) is 14.4 Å². The molecule has 0 N–H and O–H groups in total. The second-order valence-electron chi connectivity index (χ2n) is 10.7. The van der Waals surface area contributed by atoms with Gasteiger partial charge in [0.2, 0.25) is 0 Å².